The Morgan fingerprint density at radius 1 is 1.56 bits per heavy atom. The van der Waals surface area contributed by atoms with Crippen LogP contribution in [0.2, 0.25) is 0 Å². The fraction of sp³-hybridized carbons (Fsp3) is 0.600. The van der Waals surface area contributed by atoms with Gasteiger partial charge in [-0.15, -0.1) is 0 Å². The SMILES string of the molecule is CC(C)N(CCCC(=O)O)S(=O)(=O)c1ccn[nH]1. The summed E-state index contributed by atoms with van der Waals surface area (Å²) in [7, 11) is -3.63. The second kappa shape index (κ2) is 5.96. The Morgan fingerprint density at radius 2 is 2.22 bits per heavy atom. The summed E-state index contributed by atoms with van der Waals surface area (Å²) < 4.78 is 25.7. The van der Waals surface area contributed by atoms with Crippen molar-refractivity contribution >= 4 is 16.0 Å². The lowest BCUT2D eigenvalue weighted by atomic mass is 10.3. The average molecular weight is 275 g/mol. The van der Waals surface area contributed by atoms with Crippen LogP contribution >= 0.6 is 0 Å². The van der Waals surface area contributed by atoms with Gasteiger partial charge in [0.15, 0.2) is 5.03 Å². The molecule has 1 aromatic rings. The highest BCUT2D eigenvalue weighted by molar-refractivity contribution is 7.89. The maximum atomic E-state index is 12.2. The summed E-state index contributed by atoms with van der Waals surface area (Å²) >= 11 is 0. The molecule has 0 aliphatic carbocycles. The first kappa shape index (κ1) is 14.7. The van der Waals surface area contributed by atoms with E-state index in [1.807, 2.05) is 0 Å². The molecule has 0 fully saturated rings. The fourth-order valence-corrected chi connectivity index (χ4v) is 3.13. The van der Waals surface area contributed by atoms with Crippen LogP contribution in [0.3, 0.4) is 0 Å². The molecule has 1 heterocycles. The van der Waals surface area contributed by atoms with Crippen molar-refractivity contribution in [1.29, 1.82) is 0 Å². The van der Waals surface area contributed by atoms with Crippen molar-refractivity contribution in [3.05, 3.63) is 12.3 Å². The van der Waals surface area contributed by atoms with Gasteiger partial charge in [0.05, 0.1) is 6.20 Å². The van der Waals surface area contributed by atoms with E-state index in [4.69, 9.17) is 5.11 Å². The Hall–Kier alpha value is -1.41. The van der Waals surface area contributed by atoms with E-state index < -0.39 is 16.0 Å². The molecule has 7 nitrogen and oxygen atoms in total. The standard InChI is InChI=1S/C10H17N3O4S/c1-8(2)13(7-3-4-10(14)15)18(16,17)9-5-6-11-12-9/h5-6,8H,3-4,7H2,1-2H3,(H,11,12)(H,14,15). The third kappa shape index (κ3) is 3.54. The van der Waals surface area contributed by atoms with Crippen LogP contribution in [0, 0.1) is 0 Å². The number of nitrogens with zero attached hydrogens (tertiary/aromatic N) is 2. The molecule has 18 heavy (non-hydrogen) atoms. The highest BCUT2D eigenvalue weighted by Crippen LogP contribution is 2.16. The van der Waals surface area contributed by atoms with E-state index in [-0.39, 0.29) is 30.5 Å². The highest BCUT2D eigenvalue weighted by atomic mass is 32.2. The van der Waals surface area contributed by atoms with Crippen LogP contribution in [0.15, 0.2) is 17.3 Å². The summed E-state index contributed by atoms with van der Waals surface area (Å²) in [5.74, 6) is -0.933. The monoisotopic (exact) mass is 275 g/mol. The molecule has 0 unspecified atom stereocenters. The number of carboxylic acids is 1. The van der Waals surface area contributed by atoms with Crippen molar-refractivity contribution in [2.24, 2.45) is 0 Å². The molecule has 0 radical (unpaired) electrons. The molecule has 0 aliphatic rings. The van der Waals surface area contributed by atoms with Gasteiger partial charge < -0.3 is 5.11 Å². The number of aliphatic carboxylic acids is 1. The largest absolute Gasteiger partial charge is 0.481 e. The lowest BCUT2D eigenvalue weighted by Gasteiger charge is -2.24. The zero-order valence-corrected chi connectivity index (χ0v) is 11.1. The molecule has 0 amide bonds. The van der Waals surface area contributed by atoms with Crippen LogP contribution < -0.4 is 0 Å². The predicted molar refractivity (Wildman–Crippen MR) is 64.5 cm³/mol. The highest BCUT2D eigenvalue weighted by Gasteiger charge is 2.27. The number of carboxylic acid groups (broad SMARTS) is 1. The number of hydrogen-bond donors (Lipinski definition) is 2. The minimum Gasteiger partial charge on any atom is -0.481 e. The van der Waals surface area contributed by atoms with Crippen molar-refractivity contribution in [3.63, 3.8) is 0 Å². The molecule has 8 heteroatoms. The van der Waals surface area contributed by atoms with Gasteiger partial charge in [0.25, 0.3) is 10.0 Å². The van der Waals surface area contributed by atoms with Crippen LogP contribution in [0.25, 0.3) is 0 Å². The topological polar surface area (TPSA) is 103 Å². The maximum Gasteiger partial charge on any atom is 0.303 e. The molecular formula is C10H17N3O4S. The van der Waals surface area contributed by atoms with Gasteiger partial charge in [-0.3, -0.25) is 9.89 Å². The summed E-state index contributed by atoms with van der Waals surface area (Å²) in [5, 5.41) is 14.6. The quantitative estimate of drug-likeness (QED) is 0.761. The first-order valence-corrected chi connectivity index (χ1v) is 7.02. The molecule has 2 N–H and O–H groups in total. The normalized spacial score (nSPS) is 12.2. The average Bonchev–Trinajstić information content (AvgIpc) is 2.76. The second-order valence-corrected chi connectivity index (χ2v) is 5.99. The van der Waals surface area contributed by atoms with E-state index in [1.54, 1.807) is 13.8 Å². The minimum atomic E-state index is -3.63. The fourth-order valence-electron chi connectivity index (χ4n) is 1.56. The Morgan fingerprint density at radius 3 is 2.67 bits per heavy atom. The summed E-state index contributed by atoms with van der Waals surface area (Å²) in [6.07, 6.45) is 1.59. The van der Waals surface area contributed by atoms with Gasteiger partial charge in [0, 0.05) is 19.0 Å². The van der Waals surface area contributed by atoms with Crippen LogP contribution in [0.4, 0.5) is 0 Å². The zero-order valence-electron chi connectivity index (χ0n) is 10.3. The molecule has 0 saturated carbocycles. The number of rotatable bonds is 7. The van der Waals surface area contributed by atoms with E-state index in [9.17, 15) is 13.2 Å². The van der Waals surface area contributed by atoms with E-state index in [1.165, 1.54) is 16.6 Å². The van der Waals surface area contributed by atoms with E-state index in [2.05, 4.69) is 10.2 Å². The first-order chi connectivity index (χ1) is 8.35. The Balaban J connectivity index is 2.82. The summed E-state index contributed by atoms with van der Waals surface area (Å²) in [4.78, 5) is 10.4. The molecule has 0 aromatic carbocycles. The van der Waals surface area contributed by atoms with Crippen molar-refractivity contribution in [2.75, 3.05) is 6.54 Å². The van der Waals surface area contributed by atoms with E-state index in [0.29, 0.717) is 0 Å². The second-order valence-electron chi connectivity index (χ2n) is 4.13. The van der Waals surface area contributed by atoms with Crippen LogP contribution in [0.5, 0.6) is 0 Å². The summed E-state index contributed by atoms with van der Waals surface area (Å²) in [5.41, 5.74) is 0. The van der Waals surface area contributed by atoms with Gasteiger partial charge in [-0.25, -0.2) is 8.42 Å². The molecule has 1 aromatic heterocycles. The van der Waals surface area contributed by atoms with Crippen molar-refractivity contribution in [3.8, 4) is 0 Å². The number of nitrogens with one attached hydrogen (secondary N) is 1. The third-order valence-corrected chi connectivity index (χ3v) is 4.41. The summed E-state index contributed by atoms with van der Waals surface area (Å²) in [6, 6.07) is 1.13. The lowest BCUT2D eigenvalue weighted by molar-refractivity contribution is -0.137. The Bertz CT molecular complexity index is 481. The molecule has 1 rings (SSSR count). The van der Waals surface area contributed by atoms with Gasteiger partial charge >= 0.3 is 5.97 Å². The van der Waals surface area contributed by atoms with E-state index in [0.717, 1.165) is 0 Å². The van der Waals surface area contributed by atoms with Gasteiger partial charge in [0.2, 0.25) is 0 Å². The van der Waals surface area contributed by atoms with Gasteiger partial charge in [0.1, 0.15) is 0 Å². The van der Waals surface area contributed by atoms with Crippen LogP contribution in [-0.2, 0) is 14.8 Å². The number of aromatic nitrogens is 2. The van der Waals surface area contributed by atoms with Crippen molar-refractivity contribution in [1.82, 2.24) is 14.5 Å². The number of sulfonamides is 1. The smallest absolute Gasteiger partial charge is 0.303 e. The van der Waals surface area contributed by atoms with Gasteiger partial charge in [-0.1, -0.05) is 0 Å². The third-order valence-electron chi connectivity index (χ3n) is 2.41. The summed E-state index contributed by atoms with van der Waals surface area (Å²) in [6.45, 7) is 3.66. The molecule has 0 saturated heterocycles. The minimum absolute atomic E-state index is 0.0199. The van der Waals surface area contributed by atoms with E-state index >= 15 is 0 Å². The zero-order chi connectivity index (χ0) is 13.8. The molecule has 0 spiro atoms. The number of H-pyrrole nitrogens is 1. The maximum absolute atomic E-state index is 12.2. The van der Waals surface area contributed by atoms with Gasteiger partial charge in [-0.2, -0.15) is 9.40 Å². The molecule has 0 bridgehead atoms. The Labute approximate surface area is 106 Å². The number of aromatic amines is 1. The van der Waals surface area contributed by atoms with Gasteiger partial charge in [-0.05, 0) is 26.3 Å². The molecule has 0 atom stereocenters. The number of hydrogen-bond acceptors (Lipinski definition) is 4. The predicted octanol–water partition coefficient (Wildman–Crippen LogP) is 0.674. The molecule has 0 aliphatic heterocycles. The Kier molecular flexibility index (Phi) is 4.85. The van der Waals surface area contributed by atoms with Crippen LogP contribution in [0.1, 0.15) is 26.7 Å². The number of carbonyl (C=O) groups is 1. The molecule has 102 valence electrons. The van der Waals surface area contributed by atoms with Crippen molar-refractivity contribution in [2.45, 2.75) is 37.8 Å². The lowest BCUT2D eigenvalue weighted by Crippen LogP contribution is -2.38. The first-order valence-electron chi connectivity index (χ1n) is 5.58. The van der Waals surface area contributed by atoms with Crippen LogP contribution in [-0.4, -0.2) is 46.6 Å². The van der Waals surface area contributed by atoms with Crippen molar-refractivity contribution < 1.29 is 18.3 Å². The molecular weight excluding hydrogens is 258 g/mol.